The summed E-state index contributed by atoms with van der Waals surface area (Å²) < 4.78 is 51.0. The first-order valence-corrected chi connectivity index (χ1v) is 14.8. The van der Waals surface area contributed by atoms with E-state index in [0.717, 1.165) is 41.6 Å². The van der Waals surface area contributed by atoms with Gasteiger partial charge in [-0.2, -0.15) is 0 Å². The summed E-state index contributed by atoms with van der Waals surface area (Å²) in [6.07, 6.45) is -1.63. The highest BCUT2D eigenvalue weighted by atomic mass is 35.5. The van der Waals surface area contributed by atoms with E-state index in [2.05, 4.69) is 15.4 Å². The Kier molecular flexibility index (Phi) is 11.8. The predicted molar refractivity (Wildman–Crippen MR) is 164 cm³/mol. The van der Waals surface area contributed by atoms with E-state index in [1.165, 1.54) is 12.1 Å². The van der Waals surface area contributed by atoms with Crippen LogP contribution in [0.15, 0.2) is 66.2 Å². The van der Waals surface area contributed by atoms with Crippen LogP contribution in [0.25, 0.3) is 5.57 Å². The predicted octanol–water partition coefficient (Wildman–Crippen LogP) is 7.43. The van der Waals surface area contributed by atoms with Gasteiger partial charge in [0.05, 0.1) is 15.6 Å². The second-order valence-corrected chi connectivity index (χ2v) is 11.1. The van der Waals surface area contributed by atoms with Gasteiger partial charge in [-0.25, -0.2) is 4.79 Å². The molecule has 7 nitrogen and oxygen atoms in total. The fraction of sp³-hybridized carbons (Fsp3) is 0.344. The molecule has 1 saturated carbocycles. The molecule has 3 aromatic rings. The van der Waals surface area contributed by atoms with Gasteiger partial charge in [0.2, 0.25) is 0 Å². The highest BCUT2D eigenvalue weighted by Gasteiger charge is 2.31. The lowest BCUT2D eigenvalue weighted by Gasteiger charge is -2.19. The van der Waals surface area contributed by atoms with Gasteiger partial charge in [0.25, 0.3) is 0 Å². The average molecular weight is 654 g/mol. The zero-order chi connectivity index (χ0) is 31.7. The van der Waals surface area contributed by atoms with Crippen LogP contribution in [0, 0.1) is 6.92 Å². The molecule has 1 aliphatic heterocycles. The lowest BCUT2D eigenvalue weighted by atomic mass is 9.94. The number of aliphatic carboxylic acids is 1. The van der Waals surface area contributed by atoms with Crippen molar-refractivity contribution in [1.29, 1.82) is 0 Å². The van der Waals surface area contributed by atoms with Crippen molar-refractivity contribution in [2.75, 3.05) is 26.3 Å². The second-order valence-electron chi connectivity index (χ2n) is 10.3. The van der Waals surface area contributed by atoms with E-state index in [9.17, 15) is 23.1 Å². The van der Waals surface area contributed by atoms with E-state index < -0.39 is 12.3 Å². The van der Waals surface area contributed by atoms with Crippen LogP contribution in [0.4, 0.5) is 13.2 Å². The van der Waals surface area contributed by atoms with Crippen molar-refractivity contribution >= 4 is 34.7 Å². The number of aryl methyl sites for hydroxylation is 1. The van der Waals surface area contributed by atoms with Gasteiger partial charge in [-0.15, -0.1) is 13.2 Å². The minimum absolute atomic E-state index is 0.164. The Morgan fingerprint density at radius 3 is 2.32 bits per heavy atom. The highest BCUT2D eigenvalue weighted by molar-refractivity contribution is 6.37. The molecule has 3 aromatic carbocycles. The quantitative estimate of drug-likeness (QED) is 0.186. The summed E-state index contributed by atoms with van der Waals surface area (Å²) in [4.78, 5) is 11.4. The maximum absolute atomic E-state index is 12.0. The van der Waals surface area contributed by atoms with Gasteiger partial charge in [-0.1, -0.05) is 47.5 Å². The van der Waals surface area contributed by atoms with Crippen LogP contribution in [0.2, 0.25) is 10.0 Å². The molecule has 0 unspecified atom stereocenters. The molecule has 236 valence electrons. The van der Waals surface area contributed by atoms with Crippen molar-refractivity contribution in [3.63, 3.8) is 0 Å². The van der Waals surface area contributed by atoms with Gasteiger partial charge >= 0.3 is 12.3 Å². The standard InChI is InChI=1S/C21H21Cl2NO4.C11H12F3NO/c1-13-10-18(22)20(19(23)11-13)28-9-8-27-15-4-2-14(3-5-15)16-6-7-24-12-17(16)21(25)26;12-11(13,14)16-10-3-1-2-8(6-10)7-15-9-4-5-9/h2-5,10-11,24H,6-9,12H2,1H3,(H,25,26);1-3,6,9,15H,4-5,7H2. The van der Waals surface area contributed by atoms with Crippen LogP contribution in [0.1, 0.15) is 36.0 Å². The number of halogens is 5. The molecular weight excluding hydrogens is 620 g/mol. The molecule has 44 heavy (non-hydrogen) atoms. The molecule has 0 radical (unpaired) electrons. The summed E-state index contributed by atoms with van der Waals surface area (Å²) in [5, 5.41) is 16.6. The largest absolute Gasteiger partial charge is 0.573 e. The third-order valence-electron chi connectivity index (χ3n) is 6.72. The number of alkyl halides is 3. The Morgan fingerprint density at radius 2 is 1.68 bits per heavy atom. The molecule has 12 heteroatoms. The molecule has 0 atom stereocenters. The topological polar surface area (TPSA) is 89.1 Å². The maximum atomic E-state index is 12.0. The molecule has 5 rings (SSSR count). The van der Waals surface area contributed by atoms with E-state index in [1.54, 1.807) is 24.3 Å². The van der Waals surface area contributed by atoms with Crippen molar-refractivity contribution in [3.8, 4) is 17.2 Å². The third kappa shape index (κ3) is 10.6. The first kappa shape index (κ1) is 33.5. The number of rotatable bonds is 11. The molecule has 1 fully saturated rings. The monoisotopic (exact) mass is 652 g/mol. The molecule has 1 aliphatic carbocycles. The van der Waals surface area contributed by atoms with Crippen LogP contribution in [0.3, 0.4) is 0 Å². The summed E-state index contributed by atoms with van der Waals surface area (Å²) in [6, 6.07) is 17.6. The Hall–Kier alpha value is -3.44. The minimum atomic E-state index is -4.62. The van der Waals surface area contributed by atoms with E-state index >= 15 is 0 Å². The van der Waals surface area contributed by atoms with Crippen LogP contribution >= 0.6 is 23.2 Å². The Balaban J connectivity index is 0.000000233. The Labute approximate surface area is 263 Å². The molecular formula is C32H33Cl2F3N2O5. The van der Waals surface area contributed by atoms with Crippen molar-refractivity contribution in [2.24, 2.45) is 0 Å². The number of benzene rings is 3. The van der Waals surface area contributed by atoms with Crippen LogP contribution in [-0.2, 0) is 11.3 Å². The van der Waals surface area contributed by atoms with Gasteiger partial charge in [-0.3, -0.25) is 0 Å². The summed E-state index contributed by atoms with van der Waals surface area (Å²) in [6.45, 7) is 4.26. The number of hydrogen-bond donors (Lipinski definition) is 3. The van der Waals surface area contributed by atoms with Crippen LogP contribution in [0.5, 0.6) is 17.2 Å². The number of hydrogen-bond acceptors (Lipinski definition) is 6. The number of carboxylic acid groups (broad SMARTS) is 1. The molecule has 0 aromatic heterocycles. The van der Waals surface area contributed by atoms with Gasteiger partial charge < -0.3 is 30.0 Å². The third-order valence-corrected chi connectivity index (χ3v) is 7.29. The zero-order valence-electron chi connectivity index (χ0n) is 24.0. The van der Waals surface area contributed by atoms with Crippen molar-refractivity contribution in [1.82, 2.24) is 10.6 Å². The fourth-order valence-corrected chi connectivity index (χ4v) is 5.20. The Bertz CT molecular complexity index is 1440. The highest BCUT2D eigenvalue weighted by Crippen LogP contribution is 2.34. The van der Waals surface area contributed by atoms with Crippen molar-refractivity contribution < 1.29 is 37.3 Å². The lowest BCUT2D eigenvalue weighted by molar-refractivity contribution is -0.274. The van der Waals surface area contributed by atoms with Gasteiger partial charge in [0, 0.05) is 19.1 Å². The van der Waals surface area contributed by atoms with E-state index in [0.29, 0.717) is 65.9 Å². The van der Waals surface area contributed by atoms with E-state index in [4.69, 9.17) is 32.7 Å². The molecule has 0 bridgehead atoms. The fourth-order valence-electron chi connectivity index (χ4n) is 4.49. The first-order chi connectivity index (χ1) is 21.0. The smallest absolute Gasteiger partial charge is 0.490 e. The maximum Gasteiger partial charge on any atom is 0.573 e. The van der Waals surface area contributed by atoms with Gasteiger partial charge in [0.15, 0.2) is 5.75 Å². The molecule has 3 N–H and O–H groups in total. The lowest BCUT2D eigenvalue weighted by Crippen LogP contribution is -2.28. The average Bonchev–Trinajstić information content (AvgIpc) is 3.80. The first-order valence-electron chi connectivity index (χ1n) is 14.0. The van der Waals surface area contributed by atoms with Crippen molar-refractivity contribution in [2.45, 2.75) is 45.1 Å². The molecule has 0 saturated heterocycles. The summed E-state index contributed by atoms with van der Waals surface area (Å²) in [7, 11) is 0. The summed E-state index contributed by atoms with van der Waals surface area (Å²) >= 11 is 12.3. The Morgan fingerprint density at radius 1 is 1.00 bits per heavy atom. The molecule has 0 amide bonds. The normalized spacial score (nSPS) is 14.9. The van der Waals surface area contributed by atoms with Crippen LogP contribution in [-0.4, -0.2) is 49.8 Å². The SMILES string of the molecule is Cc1cc(Cl)c(OCCOc2ccc(C3=C(C(=O)O)CNCC3)cc2)c(Cl)c1.FC(F)(F)Oc1cccc(CNC2CC2)c1. The number of nitrogens with one attached hydrogen (secondary N) is 2. The zero-order valence-corrected chi connectivity index (χ0v) is 25.5. The van der Waals surface area contributed by atoms with Crippen LogP contribution < -0.4 is 24.8 Å². The van der Waals surface area contributed by atoms with Gasteiger partial charge in [0.1, 0.15) is 24.7 Å². The van der Waals surface area contributed by atoms with E-state index in [1.807, 2.05) is 31.2 Å². The molecule has 0 spiro atoms. The minimum Gasteiger partial charge on any atom is -0.490 e. The number of ether oxygens (including phenoxy) is 3. The van der Waals surface area contributed by atoms with Crippen molar-refractivity contribution in [3.05, 3.63) is 93.0 Å². The second kappa shape index (κ2) is 15.5. The molecule has 2 aliphatic rings. The number of carboxylic acids is 1. The summed E-state index contributed by atoms with van der Waals surface area (Å²) in [5.41, 5.74) is 3.95. The van der Waals surface area contributed by atoms with E-state index in [-0.39, 0.29) is 5.75 Å². The number of carbonyl (C=O) groups is 1. The summed E-state index contributed by atoms with van der Waals surface area (Å²) in [5.74, 6) is 0.0856. The van der Waals surface area contributed by atoms with Gasteiger partial charge in [-0.05, 0) is 91.4 Å². The molecule has 1 heterocycles.